The average Bonchev–Trinajstić information content (AvgIpc) is 3.47. The molecule has 2 aliphatic rings. The van der Waals surface area contributed by atoms with Crippen molar-refractivity contribution in [1.82, 2.24) is 19.5 Å². The van der Waals surface area contributed by atoms with Crippen LogP contribution in [0.4, 0.5) is 5.69 Å². The van der Waals surface area contributed by atoms with Crippen LogP contribution in [-0.4, -0.2) is 74.7 Å². The molecule has 2 aliphatic heterocycles. The maximum Gasteiger partial charge on any atom is 0.256 e. The number of aromatic nitrogens is 1. The van der Waals surface area contributed by atoms with E-state index in [1.807, 2.05) is 13.8 Å². The van der Waals surface area contributed by atoms with Crippen molar-refractivity contribution in [2.75, 3.05) is 45.6 Å². The third-order valence-corrected chi connectivity index (χ3v) is 8.27. The van der Waals surface area contributed by atoms with Crippen LogP contribution in [0.2, 0.25) is 0 Å². The summed E-state index contributed by atoms with van der Waals surface area (Å²) >= 11 is 0. The van der Waals surface area contributed by atoms with E-state index in [2.05, 4.69) is 20.5 Å². The predicted octanol–water partition coefficient (Wildman–Crippen LogP) is 2.20. The minimum absolute atomic E-state index is 0.108. The topological polar surface area (TPSA) is 115 Å². The number of likely N-dealkylation sites (tertiary alicyclic amines) is 1. The molecule has 1 aromatic carbocycles. The number of nitrogens with one attached hydrogen (secondary N) is 3. The van der Waals surface area contributed by atoms with Crippen LogP contribution in [0.25, 0.3) is 11.6 Å². The number of fused-ring (bicyclic) bond motifs is 1. The van der Waals surface area contributed by atoms with Gasteiger partial charge in [-0.25, -0.2) is 12.7 Å². The highest BCUT2D eigenvalue weighted by Gasteiger charge is 2.28. The van der Waals surface area contributed by atoms with Crippen molar-refractivity contribution >= 4 is 39.2 Å². The van der Waals surface area contributed by atoms with E-state index in [4.69, 9.17) is 0 Å². The number of carbonyl (C=O) groups is 2. The quantitative estimate of drug-likeness (QED) is 0.520. The molecule has 4 rings (SSSR count). The van der Waals surface area contributed by atoms with Crippen molar-refractivity contribution in [3.05, 3.63) is 46.3 Å². The van der Waals surface area contributed by atoms with Gasteiger partial charge >= 0.3 is 0 Å². The van der Waals surface area contributed by atoms with Crippen LogP contribution in [0, 0.1) is 13.8 Å². The van der Waals surface area contributed by atoms with Gasteiger partial charge in [0.25, 0.3) is 11.8 Å². The lowest BCUT2D eigenvalue weighted by molar-refractivity contribution is -0.110. The molecular weight excluding hydrogens is 454 g/mol. The lowest BCUT2D eigenvalue weighted by Gasteiger charge is -2.14. The molecule has 10 heteroatoms. The number of hydrogen-bond donors (Lipinski definition) is 3. The van der Waals surface area contributed by atoms with Gasteiger partial charge in [-0.05, 0) is 69.6 Å². The average molecular weight is 486 g/mol. The van der Waals surface area contributed by atoms with Crippen LogP contribution in [0.15, 0.2) is 23.1 Å². The minimum atomic E-state index is -3.65. The third kappa shape index (κ3) is 4.53. The van der Waals surface area contributed by atoms with Gasteiger partial charge in [-0.3, -0.25) is 9.59 Å². The SMILES string of the molecule is Cc1[nH]c(/C=C2\C(=O)Nc3ccc(S(=O)(=O)N(C)C)cc32)c(C)c1C(=O)NCCN1CCCC1. The Hall–Kier alpha value is -2.95. The molecule has 9 nitrogen and oxygen atoms in total. The second-order valence-corrected chi connectivity index (χ2v) is 11.1. The number of anilines is 1. The van der Waals surface area contributed by atoms with Gasteiger partial charge < -0.3 is 20.5 Å². The van der Waals surface area contributed by atoms with Crippen LogP contribution in [0.5, 0.6) is 0 Å². The van der Waals surface area contributed by atoms with Crippen molar-refractivity contribution < 1.29 is 18.0 Å². The van der Waals surface area contributed by atoms with E-state index in [9.17, 15) is 18.0 Å². The first kappa shape index (κ1) is 24.2. The summed E-state index contributed by atoms with van der Waals surface area (Å²) in [4.78, 5) is 31.2. The van der Waals surface area contributed by atoms with Crippen LogP contribution in [0.3, 0.4) is 0 Å². The molecule has 0 radical (unpaired) electrons. The highest BCUT2D eigenvalue weighted by molar-refractivity contribution is 7.89. The number of hydrogen-bond acceptors (Lipinski definition) is 5. The van der Waals surface area contributed by atoms with Gasteiger partial charge in [0.15, 0.2) is 0 Å². The molecule has 0 spiro atoms. The van der Waals surface area contributed by atoms with Crippen molar-refractivity contribution in [2.24, 2.45) is 0 Å². The lowest BCUT2D eigenvalue weighted by Crippen LogP contribution is -2.33. The Kier molecular flexibility index (Phi) is 6.66. The smallest absolute Gasteiger partial charge is 0.256 e. The first-order valence-electron chi connectivity index (χ1n) is 11.4. The van der Waals surface area contributed by atoms with Crippen molar-refractivity contribution in [3.8, 4) is 0 Å². The molecule has 3 heterocycles. The Bertz CT molecular complexity index is 1270. The monoisotopic (exact) mass is 485 g/mol. The minimum Gasteiger partial charge on any atom is -0.358 e. The lowest BCUT2D eigenvalue weighted by atomic mass is 10.0. The second-order valence-electron chi connectivity index (χ2n) is 8.98. The Morgan fingerprint density at radius 1 is 1.21 bits per heavy atom. The molecule has 1 aromatic heterocycles. The molecule has 2 amide bonds. The number of aryl methyl sites for hydroxylation is 1. The number of benzene rings is 1. The van der Waals surface area contributed by atoms with Crippen LogP contribution in [0.1, 0.15) is 45.7 Å². The van der Waals surface area contributed by atoms with E-state index in [0.717, 1.165) is 29.5 Å². The second kappa shape index (κ2) is 9.36. The fourth-order valence-electron chi connectivity index (χ4n) is 4.51. The van der Waals surface area contributed by atoms with Crippen molar-refractivity contribution in [1.29, 1.82) is 0 Å². The van der Waals surface area contributed by atoms with Crippen LogP contribution >= 0.6 is 0 Å². The van der Waals surface area contributed by atoms with E-state index in [1.165, 1.54) is 39.1 Å². The number of rotatable bonds is 7. The van der Waals surface area contributed by atoms with Gasteiger partial charge in [0.2, 0.25) is 10.0 Å². The Labute approximate surface area is 200 Å². The van der Waals surface area contributed by atoms with E-state index in [0.29, 0.717) is 40.3 Å². The molecule has 1 saturated heterocycles. The summed E-state index contributed by atoms with van der Waals surface area (Å²) in [6.45, 7) is 7.24. The van der Waals surface area contributed by atoms with Crippen LogP contribution < -0.4 is 10.6 Å². The van der Waals surface area contributed by atoms with Gasteiger partial charge in [-0.2, -0.15) is 0 Å². The van der Waals surface area contributed by atoms with E-state index in [1.54, 1.807) is 12.1 Å². The summed E-state index contributed by atoms with van der Waals surface area (Å²) in [5, 5.41) is 5.78. The molecule has 0 atom stereocenters. The maximum atomic E-state index is 12.9. The van der Waals surface area contributed by atoms with Crippen molar-refractivity contribution in [2.45, 2.75) is 31.6 Å². The zero-order valence-corrected chi connectivity index (χ0v) is 20.8. The van der Waals surface area contributed by atoms with Gasteiger partial charge in [0, 0.05) is 49.8 Å². The zero-order valence-electron chi connectivity index (χ0n) is 20.0. The summed E-state index contributed by atoms with van der Waals surface area (Å²) in [7, 11) is -0.719. The van der Waals surface area contributed by atoms with E-state index >= 15 is 0 Å². The molecule has 3 N–H and O–H groups in total. The third-order valence-electron chi connectivity index (χ3n) is 6.46. The first-order valence-corrected chi connectivity index (χ1v) is 12.8. The molecule has 1 fully saturated rings. The van der Waals surface area contributed by atoms with Crippen LogP contribution in [-0.2, 0) is 14.8 Å². The summed E-state index contributed by atoms with van der Waals surface area (Å²) in [5.41, 5.74) is 4.06. The molecular formula is C24H31N5O4S. The first-order chi connectivity index (χ1) is 16.1. The number of aromatic amines is 1. The standard InChI is InChI=1S/C24H31N5O4S/c1-15-21(26-16(2)22(15)24(31)25-9-12-29-10-5-6-11-29)14-19-18-13-17(34(32,33)28(3)4)7-8-20(18)27-23(19)30/h7-8,13-14,26H,5-6,9-12H2,1-4H3,(H,25,31)(H,27,30)/b19-14-. The number of sulfonamides is 1. The molecule has 34 heavy (non-hydrogen) atoms. The van der Waals surface area contributed by atoms with Gasteiger partial charge in [0.1, 0.15) is 0 Å². The zero-order chi connectivity index (χ0) is 24.6. The number of amides is 2. The maximum absolute atomic E-state index is 12.9. The fraction of sp³-hybridized carbons (Fsp3) is 0.417. The molecule has 0 aliphatic carbocycles. The number of carbonyl (C=O) groups excluding carboxylic acids is 2. The van der Waals surface area contributed by atoms with E-state index in [-0.39, 0.29) is 16.7 Å². The Morgan fingerprint density at radius 2 is 1.91 bits per heavy atom. The molecule has 0 unspecified atom stereocenters. The molecule has 182 valence electrons. The normalized spacial score (nSPS) is 17.4. The Morgan fingerprint density at radius 3 is 2.59 bits per heavy atom. The summed E-state index contributed by atoms with van der Waals surface area (Å²) in [6.07, 6.45) is 4.10. The fourth-order valence-corrected chi connectivity index (χ4v) is 5.44. The highest BCUT2D eigenvalue weighted by Crippen LogP contribution is 2.36. The predicted molar refractivity (Wildman–Crippen MR) is 132 cm³/mol. The summed E-state index contributed by atoms with van der Waals surface area (Å²) < 4.78 is 26.3. The largest absolute Gasteiger partial charge is 0.358 e. The Balaban J connectivity index is 1.60. The van der Waals surface area contributed by atoms with Gasteiger partial charge in [0.05, 0.1) is 16.0 Å². The van der Waals surface area contributed by atoms with Gasteiger partial charge in [-0.15, -0.1) is 0 Å². The van der Waals surface area contributed by atoms with Crippen molar-refractivity contribution in [3.63, 3.8) is 0 Å². The number of H-pyrrole nitrogens is 1. The summed E-state index contributed by atoms with van der Waals surface area (Å²) in [5.74, 6) is -0.469. The molecule has 2 aromatic rings. The number of nitrogens with zero attached hydrogens (tertiary/aromatic N) is 2. The molecule has 0 saturated carbocycles. The highest BCUT2D eigenvalue weighted by atomic mass is 32.2. The van der Waals surface area contributed by atoms with E-state index < -0.39 is 10.0 Å². The van der Waals surface area contributed by atoms with Gasteiger partial charge in [-0.1, -0.05) is 0 Å². The molecule has 0 bridgehead atoms. The summed E-state index contributed by atoms with van der Waals surface area (Å²) in [6, 6.07) is 4.58.